The first-order valence-corrected chi connectivity index (χ1v) is 2.66. The van der Waals surface area contributed by atoms with E-state index in [1.807, 2.05) is 0 Å². The fourth-order valence-electron chi connectivity index (χ4n) is 0. The van der Waals surface area contributed by atoms with Gasteiger partial charge in [0.15, 0.2) is 0 Å². The van der Waals surface area contributed by atoms with E-state index in [1.165, 1.54) is 6.92 Å². The van der Waals surface area contributed by atoms with Crippen LogP contribution >= 0.6 is 0 Å². The molecule has 0 amide bonds. The first-order valence-electron chi connectivity index (χ1n) is 2.66. The maximum atomic E-state index is 9.60. The van der Waals surface area contributed by atoms with E-state index >= 15 is 0 Å². The quantitative estimate of drug-likeness (QED) is 0.493. The van der Waals surface area contributed by atoms with Crippen LogP contribution in [-0.4, -0.2) is 73.5 Å². The van der Waals surface area contributed by atoms with E-state index in [2.05, 4.69) is 13.2 Å². The van der Waals surface area contributed by atoms with E-state index < -0.39 is 11.9 Å². The Kier molecular flexibility index (Phi) is 16.6. The van der Waals surface area contributed by atoms with E-state index in [9.17, 15) is 9.59 Å². The molecule has 0 aliphatic heterocycles. The van der Waals surface area contributed by atoms with Gasteiger partial charge in [-0.05, 0) is 6.92 Å². The maximum absolute atomic E-state index is 9.60. The Morgan fingerprint density at radius 1 is 1.33 bits per heavy atom. The molecule has 0 fully saturated rings. The molecule has 0 aliphatic carbocycles. The van der Waals surface area contributed by atoms with Gasteiger partial charge in [0.2, 0.25) is 0 Å². The molecule has 12 heavy (non-hydrogen) atoms. The van der Waals surface area contributed by atoms with Gasteiger partial charge in [0.1, 0.15) is 0 Å². The second kappa shape index (κ2) is 11.1. The van der Waals surface area contributed by atoms with Gasteiger partial charge in [-0.25, -0.2) is 9.59 Å². The van der Waals surface area contributed by atoms with Crippen molar-refractivity contribution in [3.05, 3.63) is 24.8 Å². The molecule has 0 heterocycles. The Morgan fingerprint density at radius 2 is 1.50 bits per heavy atom. The molecule has 0 aromatic heterocycles. The SMILES string of the molecule is C=C(C)C(=O)O.C=CC(=O)O.[KH]. The van der Waals surface area contributed by atoms with Crippen LogP contribution in [0, 0.1) is 0 Å². The second-order valence-electron chi connectivity index (χ2n) is 1.63. The molecule has 0 radical (unpaired) electrons. The van der Waals surface area contributed by atoms with Crippen molar-refractivity contribution in [2.45, 2.75) is 6.92 Å². The van der Waals surface area contributed by atoms with E-state index in [0.29, 0.717) is 0 Å². The monoisotopic (exact) mass is 198 g/mol. The molecular formula is C7H11KO4. The van der Waals surface area contributed by atoms with Crippen LogP contribution in [0.15, 0.2) is 24.8 Å². The number of rotatable bonds is 2. The molecule has 0 rings (SSSR count). The molecule has 4 nitrogen and oxygen atoms in total. The van der Waals surface area contributed by atoms with Crippen molar-refractivity contribution in [3.63, 3.8) is 0 Å². The van der Waals surface area contributed by atoms with Crippen LogP contribution in [0.5, 0.6) is 0 Å². The molecule has 0 saturated heterocycles. The molecule has 64 valence electrons. The van der Waals surface area contributed by atoms with Gasteiger partial charge >= 0.3 is 63.3 Å². The zero-order chi connectivity index (χ0) is 9.44. The summed E-state index contributed by atoms with van der Waals surface area (Å²) in [5, 5.41) is 15.5. The molecular weight excluding hydrogens is 187 g/mol. The first kappa shape index (κ1) is 18.0. The fraction of sp³-hybridized carbons (Fsp3) is 0.143. The number of hydrogen-bond acceptors (Lipinski definition) is 2. The number of carboxylic acids is 2. The average Bonchev–Trinajstić information content (AvgIpc) is 1.89. The van der Waals surface area contributed by atoms with Gasteiger partial charge in [-0.2, -0.15) is 0 Å². The Labute approximate surface area is 113 Å². The van der Waals surface area contributed by atoms with Gasteiger partial charge in [-0.15, -0.1) is 0 Å². The van der Waals surface area contributed by atoms with Crippen molar-refractivity contribution in [2.24, 2.45) is 0 Å². The van der Waals surface area contributed by atoms with Crippen molar-refractivity contribution in [1.82, 2.24) is 0 Å². The number of carboxylic acid groups (broad SMARTS) is 2. The summed E-state index contributed by atoms with van der Waals surface area (Å²) in [4.78, 5) is 18.8. The molecule has 2 N–H and O–H groups in total. The second-order valence-corrected chi connectivity index (χ2v) is 1.63. The molecule has 0 aromatic carbocycles. The van der Waals surface area contributed by atoms with Crippen LogP contribution < -0.4 is 0 Å². The van der Waals surface area contributed by atoms with E-state index in [-0.39, 0.29) is 57.0 Å². The summed E-state index contributed by atoms with van der Waals surface area (Å²) in [5.41, 5.74) is 0.176. The van der Waals surface area contributed by atoms with Crippen molar-refractivity contribution >= 4 is 63.3 Å². The molecule has 0 unspecified atom stereocenters. The van der Waals surface area contributed by atoms with Crippen molar-refractivity contribution in [1.29, 1.82) is 0 Å². The van der Waals surface area contributed by atoms with E-state index in [1.54, 1.807) is 0 Å². The Hall–Kier alpha value is 0.0564. The Balaban J connectivity index is -0.000000126. The van der Waals surface area contributed by atoms with E-state index in [4.69, 9.17) is 10.2 Å². The van der Waals surface area contributed by atoms with Crippen molar-refractivity contribution in [2.75, 3.05) is 0 Å². The van der Waals surface area contributed by atoms with Gasteiger partial charge in [-0.3, -0.25) is 0 Å². The molecule has 5 heteroatoms. The summed E-state index contributed by atoms with van der Waals surface area (Å²) in [6.45, 7) is 7.56. The standard InChI is InChI=1S/C4H6O2.C3H4O2.K.H/c1-3(2)4(5)6;1-2-3(4)5;;/h1H2,2H3,(H,5,6);2H,1H2,(H,4,5);;. The Morgan fingerprint density at radius 3 is 1.50 bits per heavy atom. The molecule has 0 aliphatic rings. The topological polar surface area (TPSA) is 74.6 Å². The summed E-state index contributed by atoms with van der Waals surface area (Å²) in [7, 11) is 0. The predicted molar refractivity (Wildman–Crippen MR) is 47.4 cm³/mol. The predicted octanol–water partition coefficient (Wildman–Crippen LogP) is 0.256. The summed E-state index contributed by atoms with van der Waals surface area (Å²) in [6, 6.07) is 0. The average molecular weight is 198 g/mol. The van der Waals surface area contributed by atoms with Crippen LogP contribution in [0.1, 0.15) is 6.92 Å². The van der Waals surface area contributed by atoms with Crippen LogP contribution in [0.4, 0.5) is 0 Å². The summed E-state index contributed by atoms with van der Waals surface area (Å²) < 4.78 is 0. The van der Waals surface area contributed by atoms with Crippen LogP contribution in [0.3, 0.4) is 0 Å². The molecule has 0 atom stereocenters. The number of carbonyl (C=O) groups is 2. The third-order valence-corrected chi connectivity index (χ3v) is 0.540. The van der Waals surface area contributed by atoms with Crippen LogP contribution in [0.2, 0.25) is 0 Å². The van der Waals surface area contributed by atoms with Gasteiger partial charge < -0.3 is 10.2 Å². The minimum absolute atomic E-state index is 0. The summed E-state index contributed by atoms with van der Waals surface area (Å²) >= 11 is 0. The number of aliphatic carboxylic acids is 2. The molecule has 0 spiro atoms. The summed E-state index contributed by atoms with van der Waals surface area (Å²) in [6.07, 6.45) is 0.833. The first-order chi connectivity index (χ1) is 4.91. The number of hydrogen-bond donors (Lipinski definition) is 2. The third kappa shape index (κ3) is 22.5. The minimum atomic E-state index is -0.981. The van der Waals surface area contributed by atoms with Crippen LogP contribution in [0.25, 0.3) is 0 Å². The molecule has 0 bridgehead atoms. The third-order valence-electron chi connectivity index (χ3n) is 0.540. The zero-order valence-electron chi connectivity index (χ0n) is 6.20. The van der Waals surface area contributed by atoms with Crippen molar-refractivity contribution < 1.29 is 19.8 Å². The molecule has 0 aromatic rings. The zero-order valence-corrected chi connectivity index (χ0v) is 6.20. The normalized spacial score (nSPS) is 6.42. The van der Waals surface area contributed by atoms with Crippen LogP contribution in [-0.2, 0) is 9.59 Å². The van der Waals surface area contributed by atoms with Gasteiger partial charge in [0, 0.05) is 11.6 Å². The van der Waals surface area contributed by atoms with Crippen molar-refractivity contribution in [3.8, 4) is 0 Å². The van der Waals surface area contributed by atoms with Gasteiger partial charge in [0.25, 0.3) is 0 Å². The fourth-order valence-corrected chi connectivity index (χ4v) is 0. The van der Waals surface area contributed by atoms with Gasteiger partial charge in [0.05, 0.1) is 0 Å². The van der Waals surface area contributed by atoms with E-state index in [0.717, 1.165) is 6.08 Å². The summed E-state index contributed by atoms with van der Waals surface area (Å²) in [5.74, 6) is -1.92. The van der Waals surface area contributed by atoms with Gasteiger partial charge in [-0.1, -0.05) is 13.2 Å². The molecule has 0 saturated carbocycles. The Bertz CT molecular complexity index is 174.